The van der Waals surface area contributed by atoms with Gasteiger partial charge < -0.3 is 10.2 Å². The third kappa shape index (κ3) is 2.50. The minimum atomic E-state index is -0.614. The van der Waals surface area contributed by atoms with E-state index in [0.717, 1.165) is 0 Å². The summed E-state index contributed by atoms with van der Waals surface area (Å²) in [6.45, 7) is 8.95. The average molecular weight is 144 g/mol. The molecule has 0 rings (SSSR count). The quantitative estimate of drug-likeness (QED) is 0.579. The molecule has 0 aliphatic rings. The molecule has 0 aliphatic carbocycles. The maximum atomic E-state index is 9.31. The predicted octanol–water partition coefficient (Wildman–Crippen LogP) is 0.940. The maximum Gasteiger partial charge on any atom is 0.0795 e. The predicted molar refractivity (Wildman–Crippen MR) is 41.7 cm³/mol. The highest BCUT2D eigenvalue weighted by atomic mass is 16.3. The van der Waals surface area contributed by atoms with Crippen molar-refractivity contribution in [1.82, 2.24) is 0 Å². The average Bonchev–Trinajstić information content (AvgIpc) is 1.84. The number of aliphatic hydroxyl groups excluding tert-OH is 2. The summed E-state index contributed by atoms with van der Waals surface area (Å²) < 4.78 is 0. The van der Waals surface area contributed by atoms with Crippen LogP contribution in [0.2, 0.25) is 0 Å². The van der Waals surface area contributed by atoms with Crippen LogP contribution in [-0.4, -0.2) is 22.4 Å². The van der Waals surface area contributed by atoms with E-state index in [0.29, 0.717) is 5.57 Å². The molecule has 0 amide bonds. The SMILES string of the molecule is C=C(C(C)O)C(O)C(C)C. The molecule has 0 aromatic carbocycles. The first kappa shape index (κ1) is 9.66. The van der Waals surface area contributed by atoms with Crippen molar-refractivity contribution >= 4 is 0 Å². The molecule has 0 aliphatic heterocycles. The van der Waals surface area contributed by atoms with Crippen molar-refractivity contribution in [2.24, 2.45) is 5.92 Å². The molecule has 60 valence electrons. The summed E-state index contributed by atoms with van der Waals surface area (Å²) in [4.78, 5) is 0. The summed E-state index contributed by atoms with van der Waals surface area (Å²) in [6.07, 6.45) is -1.20. The van der Waals surface area contributed by atoms with Gasteiger partial charge in [0.25, 0.3) is 0 Å². The van der Waals surface area contributed by atoms with E-state index >= 15 is 0 Å². The van der Waals surface area contributed by atoms with Crippen molar-refractivity contribution in [3.05, 3.63) is 12.2 Å². The van der Waals surface area contributed by atoms with E-state index in [2.05, 4.69) is 6.58 Å². The van der Waals surface area contributed by atoms with E-state index in [1.54, 1.807) is 6.92 Å². The van der Waals surface area contributed by atoms with Crippen LogP contribution >= 0.6 is 0 Å². The van der Waals surface area contributed by atoms with Crippen molar-refractivity contribution in [1.29, 1.82) is 0 Å². The van der Waals surface area contributed by atoms with Gasteiger partial charge >= 0.3 is 0 Å². The lowest BCUT2D eigenvalue weighted by molar-refractivity contribution is 0.121. The van der Waals surface area contributed by atoms with Gasteiger partial charge in [-0.15, -0.1) is 0 Å². The molecule has 0 fully saturated rings. The summed E-state index contributed by atoms with van der Waals surface area (Å²) in [7, 11) is 0. The molecule has 2 heteroatoms. The van der Waals surface area contributed by atoms with Crippen molar-refractivity contribution in [2.45, 2.75) is 33.0 Å². The molecule has 0 aromatic heterocycles. The van der Waals surface area contributed by atoms with Crippen LogP contribution in [0.25, 0.3) is 0 Å². The number of hydrogen-bond donors (Lipinski definition) is 2. The fraction of sp³-hybridized carbons (Fsp3) is 0.750. The Hall–Kier alpha value is -0.340. The molecule has 0 spiro atoms. The topological polar surface area (TPSA) is 40.5 Å². The Labute approximate surface area is 62.2 Å². The summed E-state index contributed by atoms with van der Waals surface area (Å²) in [6, 6.07) is 0. The van der Waals surface area contributed by atoms with Gasteiger partial charge in [0.05, 0.1) is 12.2 Å². The van der Waals surface area contributed by atoms with E-state index in [1.165, 1.54) is 0 Å². The molecule has 10 heavy (non-hydrogen) atoms. The maximum absolute atomic E-state index is 9.31. The Balaban J connectivity index is 3.95. The van der Waals surface area contributed by atoms with Crippen molar-refractivity contribution in [3.63, 3.8) is 0 Å². The lowest BCUT2D eigenvalue weighted by Gasteiger charge is -2.18. The molecule has 0 radical (unpaired) electrons. The van der Waals surface area contributed by atoms with Crippen molar-refractivity contribution in [2.75, 3.05) is 0 Å². The highest BCUT2D eigenvalue weighted by Crippen LogP contribution is 2.12. The van der Waals surface area contributed by atoms with Crippen LogP contribution in [0.4, 0.5) is 0 Å². The number of rotatable bonds is 3. The summed E-state index contributed by atoms with van der Waals surface area (Å²) in [5.41, 5.74) is 0.495. The Kier molecular flexibility index (Phi) is 3.61. The van der Waals surface area contributed by atoms with E-state index in [9.17, 15) is 5.11 Å². The van der Waals surface area contributed by atoms with Crippen molar-refractivity contribution < 1.29 is 10.2 Å². The van der Waals surface area contributed by atoms with E-state index < -0.39 is 12.2 Å². The normalized spacial score (nSPS) is 17.0. The molecule has 0 heterocycles. The fourth-order valence-electron chi connectivity index (χ4n) is 0.675. The molecule has 0 saturated heterocycles. The standard InChI is InChI=1S/C8H16O2/c1-5(2)8(10)6(3)7(4)9/h5,7-10H,3H2,1-2,4H3. The van der Waals surface area contributed by atoms with Gasteiger partial charge in [0.1, 0.15) is 0 Å². The van der Waals surface area contributed by atoms with Gasteiger partial charge in [-0.25, -0.2) is 0 Å². The highest BCUT2D eigenvalue weighted by Gasteiger charge is 2.15. The monoisotopic (exact) mass is 144 g/mol. The van der Waals surface area contributed by atoms with Crippen LogP contribution in [0.5, 0.6) is 0 Å². The summed E-state index contributed by atoms with van der Waals surface area (Å²) in [5, 5.41) is 18.3. The Morgan fingerprint density at radius 1 is 1.20 bits per heavy atom. The Morgan fingerprint density at radius 3 is 1.70 bits per heavy atom. The van der Waals surface area contributed by atoms with Gasteiger partial charge in [-0.05, 0) is 18.4 Å². The first-order valence-electron chi connectivity index (χ1n) is 3.51. The zero-order chi connectivity index (χ0) is 8.31. The first-order chi connectivity index (χ1) is 4.46. The van der Waals surface area contributed by atoms with Gasteiger partial charge in [0, 0.05) is 0 Å². The second-order valence-corrected chi connectivity index (χ2v) is 2.94. The molecule has 2 nitrogen and oxygen atoms in total. The second kappa shape index (κ2) is 3.74. The van der Waals surface area contributed by atoms with Crippen LogP contribution in [0.15, 0.2) is 12.2 Å². The fourth-order valence-corrected chi connectivity index (χ4v) is 0.675. The van der Waals surface area contributed by atoms with Gasteiger partial charge in [0.2, 0.25) is 0 Å². The van der Waals surface area contributed by atoms with Gasteiger partial charge in [0.15, 0.2) is 0 Å². The van der Waals surface area contributed by atoms with E-state index in [1.807, 2.05) is 13.8 Å². The van der Waals surface area contributed by atoms with E-state index in [4.69, 9.17) is 5.11 Å². The molecule has 2 unspecified atom stereocenters. The lowest BCUT2D eigenvalue weighted by Crippen LogP contribution is -2.23. The first-order valence-corrected chi connectivity index (χ1v) is 3.51. The van der Waals surface area contributed by atoms with Crippen LogP contribution in [-0.2, 0) is 0 Å². The molecule has 0 aromatic rings. The van der Waals surface area contributed by atoms with Crippen LogP contribution in [0.1, 0.15) is 20.8 Å². The minimum absolute atomic E-state index is 0.127. The molecular formula is C8H16O2. The summed E-state index contributed by atoms with van der Waals surface area (Å²) in [5.74, 6) is 0.127. The highest BCUT2D eigenvalue weighted by molar-refractivity contribution is 5.07. The second-order valence-electron chi connectivity index (χ2n) is 2.94. The Bertz CT molecular complexity index is 116. The van der Waals surface area contributed by atoms with Gasteiger partial charge in [-0.1, -0.05) is 20.4 Å². The molecule has 2 N–H and O–H groups in total. The van der Waals surface area contributed by atoms with Gasteiger partial charge in [-0.3, -0.25) is 0 Å². The molecule has 2 atom stereocenters. The van der Waals surface area contributed by atoms with Crippen LogP contribution in [0, 0.1) is 5.92 Å². The number of hydrogen-bond acceptors (Lipinski definition) is 2. The zero-order valence-electron chi connectivity index (χ0n) is 6.83. The van der Waals surface area contributed by atoms with Crippen LogP contribution < -0.4 is 0 Å². The molecule has 0 bridgehead atoms. The summed E-state index contributed by atoms with van der Waals surface area (Å²) >= 11 is 0. The smallest absolute Gasteiger partial charge is 0.0795 e. The van der Waals surface area contributed by atoms with Gasteiger partial charge in [-0.2, -0.15) is 0 Å². The van der Waals surface area contributed by atoms with Crippen molar-refractivity contribution in [3.8, 4) is 0 Å². The van der Waals surface area contributed by atoms with Crippen LogP contribution in [0.3, 0.4) is 0 Å². The molecule has 0 saturated carbocycles. The largest absolute Gasteiger partial charge is 0.389 e. The van der Waals surface area contributed by atoms with E-state index in [-0.39, 0.29) is 5.92 Å². The number of aliphatic hydroxyl groups is 2. The minimum Gasteiger partial charge on any atom is -0.389 e. The third-order valence-corrected chi connectivity index (χ3v) is 1.55. The lowest BCUT2D eigenvalue weighted by atomic mass is 9.97. The zero-order valence-corrected chi connectivity index (χ0v) is 6.83. The molecular weight excluding hydrogens is 128 g/mol. The Morgan fingerprint density at radius 2 is 1.60 bits per heavy atom. The third-order valence-electron chi connectivity index (χ3n) is 1.55.